The fourth-order valence-electron chi connectivity index (χ4n) is 5.71. The number of alkyl halides is 2. The normalized spacial score (nSPS) is 22.0. The molecule has 5 heterocycles. The van der Waals surface area contributed by atoms with Gasteiger partial charge in [-0.25, -0.2) is 23.7 Å². The number of hydrogen-bond acceptors (Lipinski definition) is 6. The van der Waals surface area contributed by atoms with Crippen molar-refractivity contribution in [1.82, 2.24) is 34.4 Å². The van der Waals surface area contributed by atoms with E-state index in [2.05, 4.69) is 30.2 Å². The number of carbonyl (C=O) groups is 1. The summed E-state index contributed by atoms with van der Waals surface area (Å²) in [5.74, 6) is 2.29. The van der Waals surface area contributed by atoms with Crippen molar-refractivity contribution < 1.29 is 13.6 Å². The van der Waals surface area contributed by atoms with Crippen LogP contribution in [0.1, 0.15) is 25.6 Å². The summed E-state index contributed by atoms with van der Waals surface area (Å²) in [5.41, 5.74) is 3.34. The van der Waals surface area contributed by atoms with E-state index in [1.54, 1.807) is 26.2 Å². The van der Waals surface area contributed by atoms with Gasteiger partial charge >= 0.3 is 0 Å². The molecule has 35 heavy (non-hydrogen) atoms. The number of likely N-dealkylation sites (tertiary alicyclic amines) is 1. The Labute approximate surface area is 200 Å². The summed E-state index contributed by atoms with van der Waals surface area (Å²) in [6.45, 7) is 4.60. The zero-order valence-electron chi connectivity index (χ0n) is 19.5. The molecule has 2 fully saturated rings. The highest BCUT2D eigenvalue weighted by Crippen LogP contribution is 2.39. The van der Waals surface area contributed by atoms with Crippen LogP contribution < -0.4 is 5.32 Å². The minimum atomic E-state index is -2.48. The van der Waals surface area contributed by atoms with Gasteiger partial charge in [0.1, 0.15) is 11.5 Å². The van der Waals surface area contributed by atoms with Crippen molar-refractivity contribution >= 4 is 34.1 Å². The molecule has 4 aromatic rings. The van der Waals surface area contributed by atoms with Gasteiger partial charge in [-0.2, -0.15) is 4.98 Å². The molecule has 0 spiro atoms. The second-order valence-electron chi connectivity index (χ2n) is 9.64. The zero-order valence-corrected chi connectivity index (χ0v) is 19.5. The van der Waals surface area contributed by atoms with Crippen molar-refractivity contribution in [2.45, 2.75) is 45.7 Å². The van der Waals surface area contributed by atoms with Crippen LogP contribution in [0.5, 0.6) is 0 Å². The Balaban J connectivity index is 1.23. The molecule has 2 aliphatic rings. The van der Waals surface area contributed by atoms with Crippen LogP contribution in [0.25, 0.3) is 33.3 Å². The highest BCUT2D eigenvalue weighted by molar-refractivity contribution is 5.95. The predicted molar refractivity (Wildman–Crippen MR) is 127 cm³/mol. The number of aromatic nitrogens is 6. The number of fused-ring (bicyclic) bond motifs is 3. The lowest BCUT2D eigenvalue weighted by molar-refractivity contribution is -0.128. The number of H-pyrrole nitrogens is 1. The molecule has 3 atom stereocenters. The number of aromatic amines is 1. The third kappa shape index (κ3) is 3.88. The molecule has 9 nitrogen and oxygen atoms in total. The SMILES string of the molecule is CC(=O)N1C[C@H]2CC(Nc3ncc4c(-c5cnc6nc(C)n(CC(F)F)c6c5)c[nH]c4n3)C[C@H]2C1. The molecular formula is C24H26F2N8O. The van der Waals surface area contributed by atoms with Crippen molar-refractivity contribution in [2.75, 3.05) is 18.4 Å². The average Bonchev–Trinajstić information content (AvgIpc) is 3.55. The molecule has 6 rings (SSSR count). The summed E-state index contributed by atoms with van der Waals surface area (Å²) in [5, 5.41) is 4.29. The molecule has 0 radical (unpaired) electrons. The second kappa shape index (κ2) is 8.24. The number of hydrogen-bond donors (Lipinski definition) is 2. The average molecular weight is 481 g/mol. The van der Waals surface area contributed by atoms with Gasteiger partial charge in [0.25, 0.3) is 6.43 Å². The molecule has 1 unspecified atom stereocenters. The van der Waals surface area contributed by atoms with Gasteiger partial charge in [-0.05, 0) is 37.7 Å². The largest absolute Gasteiger partial charge is 0.351 e. The maximum Gasteiger partial charge on any atom is 0.256 e. The lowest BCUT2D eigenvalue weighted by Gasteiger charge is -2.18. The Morgan fingerprint density at radius 3 is 2.69 bits per heavy atom. The van der Waals surface area contributed by atoms with E-state index in [1.165, 1.54) is 4.57 Å². The van der Waals surface area contributed by atoms with E-state index in [-0.39, 0.29) is 11.9 Å². The van der Waals surface area contributed by atoms with E-state index in [9.17, 15) is 13.6 Å². The van der Waals surface area contributed by atoms with Crippen LogP contribution >= 0.6 is 0 Å². The van der Waals surface area contributed by atoms with Crippen molar-refractivity contribution in [1.29, 1.82) is 0 Å². The topological polar surface area (TPSA) is 105 Å². The summed E-state index contributed by atoms with van der Waals surface area (Å²) in [4.78, 5) is 34.7. The Kier molecular flexibility index (Phi) is 5.15. The maximum absolute atomic E-state index is 13.1. The molecule has 0 aromatic carbocycles. The molecule has 11 heteroatoms. The van der Waals surface area contributed by atoms with Crippen molar-refractivity contribution in [3.63, 3.8) is 0 Å². The number of imidazole rings is 1. The van der Waals surface area contributed by atoms with Crippen molar-refractivity contribution in [2.24, 2.45) is 11.8 Å². The van der Waals surface area contributed by atoms with Crippen LogP contribution in [0, 0.1) is 18.8 Å². The molecule has 2 N–H and O–H groups in total. The minimum absolute atomic E-state index is 0.156. The monoisotopic (exact) mass is 480 g/mol. The molecular weight excluding hydrogens is 454 g/mol. The molecule has 1 aliphatic carbocycles. The first-order valence-corrected chi connectivity index (χ1v) is 11.8. The summed E-state index contributed by atoms with van der Waals surface area (Å²) in [6, 6.07) is 2.12. The third-order valence-corrected chi connectivity index (χ3v) is 7.39. The molecule has 182 valence electrons. The van der Waals surface area contributed by atoms with Gasteiger partial charge in [-0.1, -0.05) is 0 Å². The molecule has 1 amide bonds. The summed E-state index contributed by atoms with van der Waals surface area (Å²) in [7, 11) is 0. The van der Waals surface area contributed by atoms with Gasteiger partial charge in [-0.15, -0.1) is 0 Å². The smallest absolute Gasteiger partial charge is 0.256 e. The standard InChI is InChI=1S/C24H26F2N8O/c1-12-30-23-20(34(12)11-21(25)26)5-14(6-27-23)18-7-28-22-19(18)8-29-24(32-22)31-17-3-15-9-33(13(2)35)10-16(15)4-17/h5-8,15-17,21H,3-4,9-11H2,1-2H3,(H2,28,29,31,32)/t15-,16+,17?. The van der Waals surface area contributed by atoms with Crippen molar-refractivity contribution in [3.05, 3.63) is 30.5 Å². The lowest BCUT2D eigenvalue weighted by Crippen LogP contribution is -2.29. The maximum atomic E-state index is 13.1. The third-order valence-electron chi connectivity index (χ3n) is 7.39. The number of anilines is 1. The van der Waals surface area contributed by atoms with E-state index < -0.39 is 13.0 Å². The molecule has 0 bridgehead atoms. The van der Waals surface area contributed by atoms with Gasteiger partial charge < -0.3 is 19.8 Å². The van der Waals surface area contributed by atoms with Gasteiger partial charge in [-0.3, -0.25) is 4.79 Å². The highest BCUT2D eigenvalue weighted by atomic mass is 19.3. The number of amides is 1. The van der Waals surface area contributed by atoms with Crippen LogP contribution in [0.4, 0.5) is 14.7 Å². The van der Waals surface area contributed by atoms with Gasteiger partial charge in [0, 0.05) is 61.2 Å². The summed E-state index contributed by atoms with van der Waals surface area (Å²) in [6.07, 6.45) is 4.83. The number of aryl methyl sites for hydroxylation is 1. The number of nitrogens with zero attached hydrogens (tertiary/aromatic N) is 6. The number of nitrogens with one attached hydrogen (secondary N) is 2. The highest BCUT2D eigenvalue weighted by Gasteiger charge is 2.41. The Bertz CT molecular complexity index is 1420. The molecule has 1 saturated carbocycles. The second-order valence-corrected chi connectivity index (χ2v) is 9.64. The first-order chi connectivity index (χ1) is 16.9. The van der Waals surface area contributed by atoms with E-state index in [4.69, 9.17) is 0 Å². The van der Waals surface area contributed by atoms with Gasteiger partial charge in [0.15, 0.2) is 5.65 Å². The lowest BCUT2D eigenvalue weighted by atomic mass is 10.0. The van der Waals surface area contributed by atoms with Crippen LogP contribution in [-0.4, -0.2) is 65.9 Å². The minimum Gasteiger partial charge on any atom is -0.351 e. The predicted octanol–water partition coefficient (Wildman–Crippen LogP) is 3.61. The summed E-state index contributed by atoms with van der Waals surface area (Å²) >= 11 is 0. The van der Waals surface area contributed by atoms with E-state index in [0.717, 1.165) is 42.4 Å². The van der Waals surface area contributed by atoms with Crippen LogP contribution in [-0.2, 0) is 11.3 Å². The number of halogens is 2. The Morgan fingerprint density at radius 2 is 1.97 bits per heavy atom. The first-order valence-electron chi connectivity index (χ1n) is 11.8. The van der Waals surface area contributed by atoms with Gasteiger partial charge in [0.2, 0.25) is 11.9 Å². The van der Waals surface area contributed by atoms with Crippen LogP contribution in [0.15, 0.2) is 24.7 Å². The molecule has 4 aromatic heterocycles. The van der Waals surface area contributed by atoms with Crippen molar-refractivity contribution in [3.8, 4) is 11.1 Å². The fraction of sp³-hybridized carbons (Fsp3) is 0.458. The van der Waals surface area contributed by atoms with Gasteiger partial charge in [0.05, 0.1) is 12.1 Å². The fourth-order valence-corrected chi connectivity index (χ4v) is 5.71. The summed E-state index contributed by atoms with van der Waals surface area (Å²) < 4.78 is 27.6. The molecule has 1 aliphatic heterocycles. The van der Waals surface area contributed by atoms with E-state index in [1.807, 2.05) is 17.2 Å². The number of carbonyl (C=O) groups excluding carboxylic acids is 1. The van der Waals surface area contributed by atoms with E-state index in [0.29, 0.717) is 40.4 Å². The van der Waals surface area contributed by atoms with Crippen LogP contribution in [0.3, 0.4) is 0 Å². The molecule has 1 saturated heterocycles. The zero-order chi connectivity index (χ0) is 24.3. The first kappa shape index (κ1) is 21.9. The Morgan fingerprint density at radius 1 is 1.20 bits per heavy atom. The van der Waals surface area contributed by atoms with Crippen LogP contribution in [0.2, 0.25) is 0 Å². The number of rotatable bonds is 5. The van der Waals surface area contributed by atoms with E-state index >= 15 is 0 Å². The Hall–Kier alpha value is -3.63. The quantitative estimate of drug-likeness (QED) is 0.452. The number of pyridine rings is 1.